The van der Waals surface area contributed by atoms with E-state index in [0.717, 1.165) is 21.7 Å². The summed E-state index contributed by atoms with van der Waals surface area (Å²) in [7, 11) is 0. The Morgan fingerprint density at radius 1 is 1.02 bits per heavy atom. The lowest BCUT2D eigenvalue weighted by Crippen LogP contribution is -2.47. The number of hydrogen-bond acceptors (Lipinski definition) is 5. The van der Waals surface area contributed by atoms with E-state index < -0.39 is 12.6 Å². The van der Waals surface area contributed by atoms with E-state index in [0.29, 0.717) is 78.5 Å². The first-order valence-electron chi connectivity index (χ1n) is 16.0. The molecule has 5 rings (SSSR count). The van der Waals surface area contributed by atoms with Crippen LogP contribution >= 0.6 is 11.3 Å². The maximum Gasteiger partial charge on any atom is 0.393 e. The smallest absolute Gasteiger partial charge is 0.336 e. The number of nitrogens with one attached hydrogen (secondary N) is 1. The molecule has 4 aromatic rings. The van der Waals surface area contributed by atoms with Crippen LogP contribution in [0.4, 0.5) is 13.2 Å². The summed E-state index contributed by atoms with van der Waals surface area (Å²) in [6, 6.07) is 14.0. The van der Waals surface area contributed by atoms with Crippen LogP contribution in [-0.2, 0) is 25.7 Å². The normalized spacial score (nSPS) is 13.9. The maximum atomic E-state index is 14.8. The van der Waals surface area contributed by atoms with Gasteiger partial charge >= 0.3 is 6.18 Å². The molecule has 6 nitrogen and oxygen atoms in total. The summed E-state index contributed by atoms with van der Waals surface area (Å²) in [5.74, 6) is 0.0758. The first-order valence-corrected chi connectivity index (χ1v) is 16.8. The average molecular weight is 651 g/mol. The van der Waals surface area contributed by atoms with Crippen molar-refractivity contribution in [2.24, 2.45) is 5.92 Å². The Labute approximate surface area is 272 Å². The lowest BCUT2D eigenvalue weighted by atomic mass is 9.97. The molecule has 2 aromatic carbocycles. The highest BCUT2D eigenvalue weighted by molar-refractivity contribution is 7.15. The van der Waals surface area contributed by atoms with Crippen LogP contribution in [0.1, 0.15) is 65.3 Å². The number of carbonyl (C=O) groups is 1. The van der Waals surface area contributed by atoms with Gasteiger partial charge in [-0.15, -0.1) is 11.3 Å². The number of thiazole rings is 1. The monoisotopic (exact) mass is 650 g/mol. The Kier molecular flexibility index (Phi) is 10.2. The van der Waals surface area contributed by atoms with E-state index in [1.807, 2.05) is 30.0 Å². The second-order valence-corrected chi connectivity index (χ2v) is 13.4. The molecule has 0 atom stereocenters. The number of amides is 1. The minimum atomic E-state index is -4.29. The predicted molar refractivity (Wildman–Crippen MR) is 179 cm³/mol. The van der Waals surface area contributed by atoms with Crippen molar-refractivity contribution in [3.8, 4) is 27.5 Å². The topological polar surface area (TPSA) is 67.2 Å². The number of aromatic nitrogens is 2. The molecule has 0 spiro atoms. The first-order chi connectivity index (χ1) is 21.9. The van der Waals surface area contributed by atoms with Crippen LogP contribution < -0.4 is 10.9 Å². The van der Waals surface area contributed by atoms with Crippen LogP contribution in [-0.4, -0.2) is 52.7 Å². The summed E-state index contributed by atoms with van der Waals surface area (Å²) in [4.78, 5) is 36.6. The van der Waals surface area contributed by atoms with Gasteiger partial charge in [-0.05, 0) is 54.9 Å². The lowest BCUT2D eigenvalue weighted by molar-refractivity contribution is -0.127. The zero-order valence-corrected chi connectivity index (χ0v) is 27.9. The van der Waals surface area contributed by atoms with Crippen molar-refractivity contribution in [1.29, 1.82) is 0 Å². The van der Waals surface area contributed by atoms with Gasteiger partial charge in [-0.3, -0.25) is 14.2 Å². The van der Waals surface area contributed by atoms with E-state index in [1.54, 1.807) is 22.8 Å². The van der Waals surface area contributed by atoms with Gasteiger partial charge in [-0.2, -0.15) is 13.2 Å². The van der Waals surface area contributed by atoms with Gasteiger partial charge in [0.25, 0.3) is 11.5 Å². The van der Waals surface area contributed by atoms with Crippen LogP contribution in [0.15, 0.2) is 53.3 Å². The van der Waals surface area contributed by atoms with Gasteiger partial charge < -0.3 is 10.2 Å². The van der Waals surface area contributed by atoms with E-state index in [2.05, 4.69) is 33.0 Å². The third kappa shape index (κ3) is 7.13. The van der Waals surface area contributed by atoms with Crippen LogP contribution in [0, 0.1) is 12.8 Å². The van der Waals surface area contributed by atoms with E-state index in [-0.39, 0.29) is 22.9 Å². The van der Waals surface area contributed by atoms with Crippen molar-refractivity contribution in [3.63, 3.8) is 0 Å². The number of aryl methyl sites for hydroxylation is 3. The largest absolute Gasteiger partial charge is 0.393 e. The molecule has 1 fully saturated rings. The number of rotatable bonds is 9. The van der Waals surface area contributed by atoms with Crippen molar-refractivity contribution in [2.75, 3.05) is 26.2 Å². The summed E-state index contributed by atoms with van der Waals surface area (Å²) in [6.45, 7) is 12.8. The Morgan fingerprint density at radius 3 is 2.22 bits per heavy atom. The van der Waals surface area contributed by atoms with Crippen LogP contribution in [0.25, 0.3) is 27.5 Å². The Bertz CT molecular complexity index is 1750. The molecule has 244 valence electrons. The standard InChI is InChI=1S/C36H41F3N4O2S/c1-6-25-9-8-10-26(7-2)32(25)43-30(19-22(3)4)28(34(44)42-17-15-40-16-18-42)20-29(35(43)45)33-41-31(23(5)46-33)27-13-11-24(12-14-27)21-36(37,38)39/h8-14,20,22,40H,6-7,15-19,21H2,1-5H3. The highest BCUT2D eigenvalue weighted by atomic mass is 32.1. The van der Waals surface area contributed by atoms with Crippen molar-refractivity contribution < 1.29 is 18.0 Å². The van der Waals surface area contributed by atoms with Crippen molar-refractivity contribution in [3.05, 3.63) is 91.7 Å². The second-order valence-electron chi connectivity index (χ2n) is 12.2. The minimum Gasteiger partial charge on any atom is -0.336 e. The zero-order chi connectivity index (χ0) is 33.2. The number of pyridine rings is 1. The number of carbonyl (C=O) groups excluding carboxylic acids is 1. The van der Waals surface area contributed by atoms with Gasteiger partial charge in [0.05, 0.1) is 28.9 Å². The Hall–Kier alpha value is -3.76. The van der Waals surface area contributed by atoms with Gasteiger partial charge in [0.2, 0.25) is 0 Å². The molecule has 1 aliphatic heterocycles. The number of hydrogen-bond donors (Lipinski definition) is 1. The molecule has 2 aromatic heterocycles. The maximum absolute atomic E-state index is 14.8. The second kappa shape index (κ2) is 13.9. The van der Waals surface area contributed by atoms with Crippen LogP contribution in [0.5, 0.6) is 0 Å². The summed E-state index contributed by atoms with van der Waals surface area (Å²) < 4.78 is 40.6. The summed E-state index contributed by atoms with van der Waals surface area (Å²) in [6.07, 6.45) is -3.32. The molecular weight excluding hydrogens is 609 g/mol. The van der Waals surface area contributed by atoms with Crippen molar-refractivity contribution in [2.45, 2.75) is 66.5 Å². The SMILES string of the molecule is CCc1cccc(CC)c1-n1c(CC(C)C)c(C(=O)N2CCNCC2)cc(-c2nc(-c3ccc(CC(F)(F)F)cc3)c(C)s2)c1=O. The van der Waals surface area contributed by atoms with E-state index in [9.17, 15) is 22.8 Å². The number of alkyl halides is 3. The molecular formula is C36H41F3N4O2S. The Morgan fingerprint density at radius 2 is 1.65 bits per heavy atom. The van der Waals surface area contributed by atoms with E-state index in [4.69, 9.17) is 4.98 Å². The van der Waals surface area contributed by atoms with E-state index in [1.165, 1.54) is 23.5 Å². The molecule has 0 aliphatic carbocycles. The third-order valence-electron chi connectivity index (χ3n) is 8.39. The highest BCUT2D eigenvalue weighted by Gasteiger charge is 2.30. The molecule has 0 bridgehead atoms. The fraction of sp³-hybridized carbons (Fsp3) is 0.417. The number of para-hydroxylation sites is 1. The predicted octanol–water partition coefficient (Wildman–Crippen LogP) is 7.41. The summed E-state index contributed by atoms with van der Waals surface area (Å²) in [5, 5.41) is 3.78. The molecule has 3 heterocycles. The van der Waals surface area contributed by atoms with Gasteiger partial charge in [0.1, 0.15) is 5.01 Å². The molecule has 1 saturated heterocycles. The van der Waals surface area contributed by atoms with Crippen molar-refractivity contribution in [1.82, 2.24) is 19.8 Å². The molecule has 0 saturated carbocycles. The van der Waals surface area contributed by atoms with Gasteiger partial charge in [-0.1, -0.05) is 70.2 Å². The third-order valence-corrected chi connectivity index (χ3v) is 9.39. The highest BCUT2D eigenvalue weighted by Crippen LogP contribution is 2.35. The number of halogens is 3. The van der Waals surface area contributed by atoms with Crippen molar-refractivity contribution >= 4 is 17.2 Å². The molecule has 0 radical (unpaired) electrons. The lowest BCUT2D eigenvalue weighted by Gasteiger charge is -2.30. The number of nitrogens with zero attached hydrogens (tertiary/aromatic N) is 3. The van der Waals surface area contributed by atoms with Gasteiger partial charge in [0, 0.05) is 42.3 Å². The average Bonchev–Trinajstić information content (AvgIpc) is 3.41. The molecule has 1 aliphatic rings. The Balaban J connectivity index is 1.75. The molecule has 46 heavy (non-hydrogen) atoms. The molecule has 0 unspecified atom stereocenters. The molecule has 1 amide bonds. The van der Waals surface area contributed by atoms with Gasteiger partial charge in [0.15, 0.2) is 0 Å². The minimum absolute atomic E-state index is 0.104. The molecule has 1 N–H and O–H groups in total. The van der Waals surface area contributed by atoms with Gasteiger partial charge in [-0.25, -0.2) is 4.98 Å². The van der Waals surface area contributed by atoms with Crippen LogP contribution in [0.2, 0.25) is 0 Å². The summed E-state index contributed by atoms with van der Waals surface area (Å²) >= 11 is 1.35. The zero-order valence-electron chi connectivity index (χ0n) is 27.1. The fourth-order valence-corrected chi connectivity index (χ4v) is 7.09. The van der Waals surface area contributed by atoms with Crippen LogP contribution in [0.3, 0.4) is 0 Å². The number of piperazine rings is 1. The summed E-state index contributed by atoms with van der Waals surface area (Å²) in [5.41, 5.74) is 5.65. The molecule has 10 heteroatoms. The van der Waals surface area contributed by atoms with E-state index >= 15 is 0 Å². The first kappa shape index (κ1) is 33.6. The quantitative estimate of drug-likeness (QED) is 0.205. The number of benzene rings is 2. The fourth-order valence-electron chi connectivity index (χ4n) is 6.15.